The second-order valence-electron chi connectivity index (χ2n) is 6.57. The SMILES string of the molecule is CN(C)c1cccc(-c2nnc(SCC(=O)Nc3cc([N+](=O)[O-])ccc3Cl)n2C)c1. The molecule has 11 heteroatoms. The Bertz CT molecular complexity index is 1100. The number of nitrogens with one attached hydrogen (secondary N) is 1. The highest BCUT2D eigenvalue weighted by molar-refractivity contribution is 7.99. The van der Waals surface area contributed by atoms with Gasteiger partial charge in [0.2, 0.25) is 5.91 Å². The zero-order valence-corrected chi connectivity index (χ0v) is 18.1. The van der Waals surface area contributed by atoms with Gasteiger partial charge in [-0.25, -0.2) is 0 Å². The van der Waals surface area contributed by atoms with Crippen LogP contribution in [0.4, 0.5) is 17.1 Å². The van der Waals surface area contributed by atoms with Gasteiger partial charge < -0.3 is 14.8 Å². The van der Waals surface area contributed by atoms with Crippen molar-refractivity contribution in [1.29, 1.82) is 0 Å². The van der Waals surface area contributed by atoms with Crippen LogP contribution in [0.1, 0.15) is 0 Å². The van der Waals surface area contributed by atoms with E-state index in [0.29, 0.717) is 11.0 Å². The summed E-state index contributed by atoms with van der Waals surface area (Å²) in [5, 5.41) is 22.7. The average molecular weight is 447 g/mol. The molecule has 0 unspecified atom stereocenters. The molecule has 0 radical (unpaired) electrons. The molecule has 30 heavy (non-hydrogen) atoms. The molecule has 0 saturated carbocycles. The number of carbonyl (C=O) groups excluding carboxylic acids is 1. The van der Waals surface area contributed by atoms with Gasteiger partial charge in [-0.1, -0.05) is 35.5 Å². The second kappa shape index (κ2) is 9.14. The lowest BCUT2D eigenvalue weighted by molar-refractivity contribution is -0.384. The van der Waals surface area contributed by atoms with E-state index < -0.39 is 4.92 Å². The van der Waals surface area contributed by atoms with Gasteiger partial charge in [-0.05, 0) is 18.2 Å². The van der Waals surface area contributed by atoms with Crippen LogP contribution in [0, 0.1) is 10.1 Å². The Hall–Kier alpha value is -3.11. The summed E-state index contributed by atoms with van der Waals surface area (Å²) in [6.45, 7) is 0. The quantitative estimate of drug-likeness (QED) is 0.334. The lowest BCUT2D eigenvalue weighted by Gasteiger charge is -2.13. The normalized spacial score (nSPS) is 10.7. The molecule has 1 amide bonds. The van der Waals surface area contributed by atoms with Gasteiger partial charge in [-0.3, -0.25) is 14.9 Å². The summed E-state index contributed by atoms with van der Waals surface area (Å²) >= 11 is 7.23. The summed E-state index contributed by atoms with van der Waals surface area (Å²) in [6, 6.07) is 11.8. The Morgan fingerprint density at radius 1 is 1.27 bits per heavy atom. The van der Waals surface area contributed by atoms with Gasteiger partial charge >= 0.3 is 0 Å². The van der Waals surface area contributed by atoms with Gasteiger partial charge in [0.25, 0.3) is 5.69 Å². The van der Waals surface area contributed by atoms with E-state index in [2.05, 4.69) is 15.5 Å². The minimum atomic E-state index is -0.548. The van der Waals surface area contributed by atoms with E-state index in [4.69, 9.17) is 11.6 Å². The number of benzene rings is 2. The van der Waals surface area contributed by atoms with Crippen LogP contribution in [0.3, 0.4) is 0 Å². The van der Waals surface area contributed by atoms with Gasteiger partial charge in [-0.15, -0.1) is 10.2 Å². The van der Waals surface area contributed by atoms with Crippen molar-refractivity contribution in [2.75, 3.05) is 30.1 Å². The minimum absolute atomic E-state index is 0.0444. The molecule has 0 spiro atoms. The van der Waals surface area contributed by atoms with Crippen molar-refractivity contribution in [3.63, 3.8) is 0 Å². The highest BCUT2D eigenvalue weighted by atomic mass is 35.5. The van der Waals surface area contributed by atoms with Crippen molar-refractivity contribution in [2.24, 2.45) is 7.05 Å². The van der Waals surface area contributed by atoms with Crippen LogP contribution in [0.5, 0.6) is 0 Å². The predicted molar refractivity (Wildman–Crippen MR) is 118 cm³/mol. The Morgan fingerprint density at radius 3 is 2.73 bits per heavy atom. The Kier molecular flexibility index (Phi) is 6.58. The van der Waals surface area contributed by atoms with E-state index in [1.807, 2.05) is 54.9 Å². The van der Waals surface area contributed by atoms with E-state index in [1.54, 1.807) is 0 Å². The number of anilines is 2. The summed E-state index contributed by atoms with van der Waals surface area (Å²) in [6.07, 6.45) is 0. The maximum absolute atomic E-state index is 12.3. The summed E-state index contributed by atoms with van der Waals surface area (Å²) in [4.78, 5) is 24.7. The van der Waals surface area contributed by atoms with Crippen LogP contribution in [-0.4, -0.2) is 45.4 Å². The van der Waals surface area contributed by atoms with E-state index in [9.17, 15) is 14.9 Å². The summed E-state index contributed by atoms with van der Waals surface area (Å²) in [7, 11) is 5.75. The lowest BCUT2D eigenvalue weighted by Crippen LogP contribution is -2.15. The van der Waals surface area contributed by atoms with Crippen molar-refractivity contribution in [3.8, 4) is 11.4 Å². The molecular weight excluding hydrogens is 428 g/mol. The van der Waals surface area contributed by atoms with Gasteiger partial charge in [0, 0.05) is 44.5 Å². The largest absolute Gasteiger partial charge is 0.378 e. The number of rotatable bonds is 7. The first-order valence-corrected chi connectivity index (χ1v) is 10.2. The van der Waals surface area contributed by atoms with Gasteiger partial charge in [-0.2, -0.15) is 0 Å². The Labute approximate surface area is 182 Å². The van der Waals surface area contributed by atoms with Gasteiger partial charge in [0.15, 0.2) is 11.0 Å². The number of carbonyl (C=O) groups is 1. The van der Waals surface area contributed by atoms with Crippen LogP contribution in [0.25, 0.3) is 11.4 Å². The summed E-state index contributed by atoms with van der Waals surface area (Å²) in [5.41, 5.74) is 1.99. The molecule has 0 aliphatic rings. The topological polar surface area (TPSA) is 106 Å². The molecule has 1 N–H and O–H groups in total. The molecule has 3 aromatic rings. The van der Waals surface area contributed by atoms with E-state index in [-0.39, 0.29) is 28.1 Å². The molecule has 1 heterocycles. The number of aromatic nitrogens is 3. The molecule has 0 saturated heterocycles. The van der Waals surface area contributed by atoms with Crippen molar-refractivity contribution in [3.05, 3.63) is 57.6 Å². The maximum atomic E-state index is 12.3. The second-order valence-corrected chi connectivity index (χ2v) is 7.92. The van der Waals surface area contributed by atoms with E-state index in [0.717, 1.165) is 11.3 Å². The van der Waals surface area contributed by atoms with Crippen LogP contribution in [-0.2, 0) is 11.8 Å². The fourth-order valence-corrected chi connectivity index (χ4v) is 3.53. The molecular formula is C19H19ClN6O3S. The lowest BCUT2D eigenvalue weighted by atomic mass is 10.2. The fourth-order valence-electron chi connectivity index (χ4n) is 2.65. The third-order valence-electron chi connectivity index (χ3n) is 4.22. The summed E-state index contributed by atoms with van der Waals surface area (Å²) in [5.74, 6) is 0.368. The van der Waals surface area contributed by atoms with Crippen molar-refractivity contribution in [2.45, 2.75) is 5.16 Å². The molecule has 156 valence electrons. The maximum Gasteiger partial charge on any atom is 0.271 e. The first-order valence-electron chi connectivity index (χ1n) is 8.80. The number of nitro groups is 1. The number of thioether (sulfide) groups is 1. The number of nitrogens with zero attached hydrogens (tertiary/aromatic N) is 5. The van der Waals surface area contributed by atoms with Crippen LogP contribution in [0.2, 0.25) is 5.02 Å². The number of nitro benzene ring substituents is 1. The predicted octanol–water partition coefficient (Wildman–Crippen LogP) is 3.84. The highest BCUT2D eigenvalue weighted by Crippen LogP contribution is 2.28. The van der Waals surface area contributed by atoms with Crippen molar-refractivity contribution < 1.29 is 9.72 Å². The van der Waals surface area contributed by atoms with E-state index in [1.165, 1.54) is 30.0 Å². The molecule has 3 rings (SSSR count). The molecule has 0 atom stereocenters. The van der Waals surface area contributed by atoms with E-state index >= 15 is 0 Å². The highest BCUT2D eigenvalue weighted by Gasteiger charge is 2.15. The zero-order valence-electron chi connectivity index (χ0n) is 16.5. The van der Waals surface area contributed by atoms with Gasteiger partial charge in [0.05, 0.1) is 21.4 Å². The van der Waals surface area contributed by atoms with Crippen LogP contribution >= 0.6 is 23.4 Å². The minimum Gasteiger partial charge on any atom is -0.378 e. The smallest absolute Gasteiger partial charge is 0.271 e. The zero-order chi connectivity index (χ0) is 21.8. The summed E-state index contributed by atoms with van der Waals surface area (Å²) < 4.78 is 1.81. The molecule has 2 aromatic carbocycles. The van der Waals surface area contributed by atoms with Crippen molar-refractivity contribution >= 4 is 46.3 Å². The monoisotopic (exact) mass is 446 g/mol. The standard InChI is InChI=1S/C19H19ClN6O3S/c1-24(2)13-6-4-5-12(9-13)18-22-23-19(25(18)3)30-11-17(27)21-16-10-14(26(28)29)7-8-15(16)20/h4-10H,11H2,1-3H3,(H,21,27). The number of non-ortho nitro benzene ring substituents is 1. The molecule has 0 aliphatic heterocycles. The number of hydrogen-bond donors (Lipinski definition) is 1. The Morgan fingerprint density at radius 2 is 2.03 bits per heavy atom. The number of hydrogen-bond acceptors (Lipinski definition) is 7. The third-order valence-corrected chi connectivity index (χ3v) is 5.57. The van der Waals surface area contributed by atoms with Crippen LogP contribution < -0.4 is 10.2 Å². The third kappa shape index (κ3) is 4.89. The Balaban J connectivity index is 1.69. The molecule has 0 fully saturated rings. The molecule has 1 aromatic heterocycles. The first kappa shape index (κ1) is 21.6. The van der Waals surface area contributed by atoms with Gasteiger partial charge in [0.1, 0.15) is 0 Å². The first-order chi connectivity index (χ1) is 14.3. The molecule has 9 nitrogen and oxygen atoms in total. The average Bonchev–Trinajstić information content (AvgIpc) is 3.08. The molecule has 0 aliphatic carbocycles. The van der Waals surface area contributed by atoms with Crippen LogP contribution in [0.15, 0.2) is 47.6 Å². The number of halogens is 1. The molecule has 0 bridgehead atoms. The number of amides is 1. The fraction of sp³-hybridized carbons (Fsp3) is 0.211. The van der Waals surface area contributed by atoms with Crippen molar-refractivity contribution in [1.82, 2.24) is 14.8 Å².